The number of carbonyl (C=O) groups excluding carboxylic acids is 2. The van der Waals surface area contributed by atoms with Gasteiger partial charge in [0.1, 0.15) is 6.04 Å². The van der Waals surface area contributed by atoms with Gasteiger partial charge in [0.15, 0.2) is 0 Å². The first-order valence-electron chi connectivity index (χ1n) is 11.1. The SMILES string of the molecule is O=C(C1CCCN1C(=O)Cc1ccccc1)N1CCC(S(=O)(=O)N2CCCC2)CC1. The first kappa shape index (κ1) is 21.3. The van der Waals surface area contributed by atoms with Gasteiger partial charge in [-0.25, -0.2) is 12.7 Å². The summed E-state index contributed by atoms with van der Waals surface area (Å²) >= 11 is 0. The lowest BCUT2D eigenvalue weighted by molar-refractivity contribution is -0.144. The Kier molecular flexibility index (Phi) is 6.43. The van der Waals surface area contributed by atoms with Gasteiger partial charge in [-0.2, -0.15) is 0 Å². The Labute approximate surface area is 179 Å². The molecular formula is C22H31N3O4S. The summed E-state index contributed by atoms with van der Waals surface area (Å²) in [5.74, 6) is -0.0329. The van der Waals surface area contributed by atoms with Gasteiger partial charge >= 0.3 is 0 Å². The minimum absolute atomic E-state index is 0.0106. The number of benzene rings is 1. The second-order valence-electron chi connectivity index (χ2n) is 8.58. The predicted octanol–water partition coefficient (Wildman–Crippen LogP) is 1.64. The molecular weight excluding hydrogens is 402 g/mol. The van der Waals surface area contributed by atoms with Crippen LogP contribution < -0.4 is 0 Å². The molecule has 1 aromatic rings. The van der Waals surface area contributed by atoms with Gasteiger partial charge in [-0.3, -0.25) is 9.59 Å². The fraction of sp³-hybridized carbons (Fsp3) is 0.636. The minimum atomic E-state index is -3.26. The molecule has 1 atom stereocenters. The number of piperidine rings is 1. The fourth-order valence-electron chi connectivity index (χ4n) is 4.93. The van der Waals surface area contributed by atoms with E-state index in [9.17, 15) is 18.0 Å². The van der Waals surface area contributed by atoms with Gasteiger partial charge in [-0.1, -0.05) is 30.3 Å². The molecule has 3 fully saturated rings. The Bertz CT molecular complexity index is 860. The van der Waals surface area contributed by atoms with Gasteiger partial charge in [0.05, 0.1) is 11.7 Å². The molecule has 0 N–H and O–H groups in total. The van der Waals surface area contributed by atoms with E-state index < -0.39 is 16.1 Å². The molecule has 1 aromatic carbocycles. The molecule has 3 aliphatic heterocycles. The largest absolute Gasteiger partial charge is 0.341 e. The number of amides is 2. The van der Waals surface area contributed by atoms with Gasteiger partial charge in [0.2, 0.25) is 21.8 Å². The molecule has 0 radical (unpaired) electrons. The topological polar surface area (TPSA) is 78.0 Å². The van der Waals surface area contributed by atoms with Crippen molar-refractivity contribution in [2.75, 3.05) is 32.7 Å². The molecule has 0 aromatic heterocycles. The van der Waals surface area contributed by atoms with E-state index in [4.69, 9.17) is 0 Å². The number of likely N-dealkylation sites (tertiary alicyclic amines) is 2. The van der Waals surface area contributed by atoms with E-state index in [-0.39, 0.29) is 17.1 Å². The molecule has 4 rings (SSSR count). The van der Waals surface area contributed by atoms with E-state index >= 15 is 0 Å². The zero-order valence-corrected chi connectivity index (χ0v) is 18.2. The van der Waals surface area contributed by atoms with Gasteiger partial charge < -0.3 is 9.80 Å². The van der Waals surface area contributed by atoms with Crippen molar-refractivity contribution in [3.63, 3.8) is 0 Å². The summed E-state index contributed by atoms with van der Waals surface area (Å²) in [7, 11) is -3.26. The second kappa shape index (κ2) is 9.06. The molecule has 0 aliphatic carbocycles. The highest BCUT2D eigenvalue weighted by Gasteiger charge is 2.40. The average Bonchev–Trinajstić information content (AvgIpc) is 3.46. The number of sulfonamides is 1. The highest BCUT2D eigenvalue weighted by molar-refractivity contribution is 7.89. The molecule has 0 spiro atoms. The summed E-state index contributed by atoms with van der Waals surface area (Å²) in [6.07, 6.45) is 4.66. The summed E-state index contributed by atoms with van der Waals surface area (Å²) < 4.78 is 27.2. The Balaban J connectivity index is 1.34. The van der Waals surface area contributed by atoms with E-state index in [1.165, 1.54) is 0 Å². The van der Waals surface area contributed by atoms with Crippen LogP contribution in [-0.4, -0.2) is 78.4 Å². The van der Waals surface area contributed by atoms with E-state index in [1.54, 1.807) is 14.1 Å². The summed E-state index contributed by atoms with van der Waals surface area (Å²) in [6, 6.07) is 9.19. The zero-order chi connectivity index (χ0) is 21.1. The molecule has 0 saturated carbocycles. The van der Waals surface area contributed by atoms with Crippen LogP contribution in [0, 0.1) is 0 Å². The van der Waals surface area contributed by atoms with Gasteiger partial charge in [0.25, 0.3) is 0 Å². The van der Waals surface area contributed by atoms with Crippen molar-refractivity contribution in [2.24, 2.45) is 0 Å². The van der Waals surface area contributed by atoms with Crippen molar-refractivity contribution in [1.82, 2.24) is 14.1 Å². The van der Waals surface area contributed by atoms with Gasteiger partial charge in [-0.15, -0.1) is 0 Å². The zero-order valence-electron chi connectivity index (χ0n) is 17.4. The van der Waals surface area contributed by atoms with Crippen molar-refractivity contribution in [3.05, 3.63) is 35.9 Å². The number of hydrogen-bond donors (Lipinski definition) is 0. The van der Waals surface area contributed by atoms with Crippen LogP contribution in [0.4, 0.5) is 0 Å². The van der Waals surface area contributed by atoms with Crippen LogP contribution in [0.25, 0.3) is 0 Å². The van der Waals surface area contributed by atoms with Gasteiger partial charge in [-0.05, 0) is 44.1 Å². The van der Waals surface area contributed by atoms with E-state index in [2.05, 4.69) is 0 Å². The third-order valence-electron chi connectivity index (χ3n) is 6.66. The van der Waals surface area contributed by atoms with Crippen LogP contribution in [0.1, 0.15) is 44.1 Å². The lowest BCUT2D eigenvalue weighted by Crippen LogP contribution is -2.52. The number of nitrogens with zero attached hydrogens (tertiary/aromatic N) is 3. The standard InChI is InChI=1S/C22H31N3O4S/c26-21(17-18-7-2-1-3-8-18)25-14-6-9-20(25)22(27)23-15-10-19(11-16-23)30(28,29)24-12-4-5-13-24/h1-3,7-8,19-20H,4-6,9-17H2. The highest BCUT2D eigenvalue weighted by Crippen LogP contribution is 2.27. The van der Waals surface area contributed by atoms with Crippen molar-refractivity contribution < 1.29 is 18.0 Å². The maximum absolute atomic E-state index is 13.2. The lowest BCUT2D eigenvalue weighted by Gasteiger charge is -2.36. The van der Waals surface area contributed by atoms with E-state index in [1.807, 2.05) is 30.3 Å². The van der Waals surface area contributed by atoms with Crippen LogP contribution in [0.2, 0.25) is 0 Å². The number of hydrogen-bond acceptors (Lipinski definition) is 4. The number of rotatable bonds is 5. The van der Waals surface area contributed by atoms with Crippen molar-refractivity contribution in [2.45, 2.75) is 56.2 Å². The van der Waals surface area contributed by atoms with Crippen molar-refractivity contribution in [3.8, 4) is 0 Å². The quantitative estimate of drug-likeness (QED) is 0.707. The lowest BCUT2D eigenvalue weighted by atomic mass is 10.1. The van der Waals surface area contributed by atoms with Crippen LogP contribution in [-0.2, 0) is 26.0 Å². The van der Waals surface area contributed by atoms with Gasteiger partial charge in [0, 0.05) is 32.7 Å². The third-order valence-corrected chi connectivity index (χ3v) is 9.06. The monoisotopic (exact) mass is 433 g/mol. The predicted molar refractivity (Wildman–Crippen MR) is 114 cm³/mol. The third kappa shape index (κ3) is 4.39. The van der Waals surface area contributed by atoms with E-state index in [0.29, 0.717) is 58.4 Å². The molecule has 3 saturated heterocycles. The maximum Gasteiger partial charge on any atom is 0.245 e. The van der Waals surface area contributed by atoms with Crippen LogP contribution in [0.15, 0.2) is 30.3 Å². The molecule has 2 amide bonds. The summed E-state index contributed by atoms with van der Waals surface area (Å²) in [6.45, 7) is 2.77. The fourth-order valence-corrected chi connectivity index (χ4v) is 6.93. The first-order valence-corrected chi connectivity index (χ1v) is 12.6. The molecule has 8 heteroatoms. The molecule has 7 nitrogen and oxygen atoms in total. The molecule has 1 unspecified atom stereocenters. The normalized spacial score (nSPS) is 23.8. The Morgan fingerprint density at radius 1 is 0.867 bits per heavy atom. The Hall–Kier alpha value is -1.93. The summed E-state index contributed by atoms with van der Waals surface area (Å²) in [4.78, 5) is 29.5. The number of carbonyl (C=O) groups is 2. The van der Waals surface area contributed by atoms with Crippen molar-refractivity contribution >= 4 is 21.8 Å². The minimum Gasteiger partial charge on any atom is -0.341 e. The second-order valence-corrected chi connectivity index (χ2v) is 10.8. The van der Waals surface area contributed by atoms with Crippen LogP contribution in [0.5, 0.6) is 0 Å². The highest BCUT2D eigenvalue weighted by atomic mass is 32.2. The summed E-state index contributed by atoms with van der Waals surface area (Å²) in [5.41, 5.74) is 0.952. The first-order chi connectivity index (χ1) is 14.5. The Morgan fingerprint density at radius 2 is 1.53 bits per heavy atom. The maximum atomic E-state index is 13.2. The summed E-state index contributed by atoms with van der Waals surface area (Å²) in [5, 5.41) is -0.390. The van der Waals surface area contributed by atoms with E-state index in [0.717, 1.165) is 24.8 Å². The molecule has 3 aliphatic rings. The molecule has 3 heterocycles. The van der Waals surface area contributed by atoms with Crippen molar-refractivity contribution in [1.29, 1.82) is 0 Å². The van der Waals surface area contributed by atoms with Crippen LogP contribution in [0.3, 0.4) is 0 Å². The molecule has 164 valence electrons. The van der Waals surface area contributed by atoms with Crippen LogP contribution >= 0.6 is 0 Å². The molecule has 30 heavy (non-hydrogen) atoms. The average molecular weight is 434 g/mol. The smallest absolute Gasteiger partial charge is 0.245 e. The Morgan fingerprint density at radius 3 is 2.20 bits per heavy atom. The molecule has 0 bridgehead atoms.